The number of ether oxygens (including phenoxy) is 2. The van der Waals surface area contributed by atoms with E-state index in [0.717, 1.165) is 77.0 Å². The van der Waals surface area contributed by atoms with Crippen LogP contribution in [-0.2, 0) is 19.1 Å². The van der Waals surface area contributed by atoms with Crippen LogP contribution in [0.2, 0.25) is 0 Å². The fourth-order valence-corrected chi connectivity index (χ4v) is 7.43. The molecule has 1 atom stereocenters. The fourth-order valence-electron chi connectivity index (χ4n) is 7.43. The molecule has 0 rings (SSSR count). The van der Waals surface area contributed by atoms with Gasteiger partial charge in [-0.2, -0.15) is 0 Å². The summed E-state index contributed by atoms with van der Waals surface area (Å²) in [6.07, 6.45) is 51.3. The molecule has 0 saturated heterocycles. The number of unbranched alkanes of at least 4 members (excludes halogenated alkanes) is 27. The minimum Gasteiger partial charge on any atom is -0.462 e. The van der Waals surface area contributed by atoms with Gasteiger partial charge in [-0.05, 0) is 89.9 Å². The van der Waals surface area contributed by atoms with Gasteiger partial charge >= 0.3 is 11.9 Å². The van der Waals surface area contributed by atoms with Crippen molar-refractivity contribution in [3.63, 3.8) is 0 Å². The first-order valence-corrected chi connectivity index (χ1v) is 24.1. The van der Waals surface area contributed by atoms with Crippen LogP contribution in [0, 0.1) is 0 Å². The Morgan fingerprint density at radius 3 is 0.943 bits per heavy atom. The Morgan fingerprint density at radius 1 is 0.340 bits per heavy atom. The third-order valence-electron chi connectivity index (χ3n) is 11.0. The molecule has 0 aromatic rings. The number of rotatable bonds is 43. The van der Waals surface area contributed by atoms with E-state index in [9.17, 15) is 9.59 Å². The topological polar surface area (TPSA) is 52.6 Å². The van der Waals surface area contributed by atoms with E-state index in [1.165, 1.54) is 161 Å². The number of carbonyl (C=O) groups excluding carboxylic acids is 2. The van der Waals surface area contributed by atoms with Crippen LogP contribution < -0.4 is 0 Å². The number of hydrogen-bond acceptors (Lipinski definition) is 4. The molecule has 0 aliphatic carbocycles. The molecule has 0 bridgehead atoms. The number of esters is 2. The van der Waals surface area contributed by atoms with Gasteiger partial charge in [0.1, 0.15) is 12.2 Å². The zero-order chi connectivity index (χ0) is 38.7. The Bertz CT molecular complexity index is 760. The molecule has 314 valence electrons. The fraction of sp³-hybridized carbons (Fsp3) is 0.918. The zero-order valence-corrected chi connectivity index (χ0v) is 36.5. The van der Waals surface area contributed by atoms with Crippen molar-refractivity contribution in [3.8, 4) is 0 Å². The molecule has 4 nitrogen and oxygen atoms in total. The lowest BCUT2D eigenvalue weighted by molar-refractivity contribution is -0.150. The summed E-state index contributed by atoms with van der Waals surface area (Å²) in [6.45, 7) is 8.94. The highest BCUT2D eigenvalue weighted by atomic mass is 16.5. The van der Waals surface area contributed by atoms with Gasteiger partial charge in [0.25, 0.3) is 0 Å². The number of hydrogen-bond donors (Lipinski definition) is 0. The molecular weight excluding hydrogens is 653 g/mol. The summed E-state index contributed by atoms with van der Waals surface area (Å²) in [7, 11) is 0. The summed E-state index contributed by atoms with van der Waals surface area (Å²) >= 11 is 0. The maximum absolute atomic E-state index is 12.8. The molecule has 0 fully saturated rings. The highest BCUT2D eigenvalue weighted by Crippen LogP contribution is 2.20. The molecule has 53 heavy (non-hydrogen) atoms. The molecule has 0 heterocycles. The lowest BCUT2D eigenvalue weighted by Crippen LogP contribution is -2.18. The highest BCUT2D eigenvalue weighted by molar-refractivity contribution is 5.69. The molecule has 1 unspecified atom stereocenters. The Labute approximate surface area is 332 Å². The van der Waals surface area contributed by atoms with Crippen LogP contribution in [0.1, 0.15) is 278 Å². The molecule has 4 heteroatoms. The van der Waals surface area contributed by atoms with Gasteiger partial charge in [0.2, 0.25) is 0 Å². The molecule has 0 aromatic heterocycles. The predicted molar refractivity (Wildman–Crippen MR) is 232 cm³/mol. The van der Waals surface area contributed by atoms with Gasteiger partial charge < -0.3 is 9.47 Å². The van der Waals surface area contributed by atoms with Crippen molar-refractivity contribution in [3.05, 3.63) is 12.2 Å². The first-order chi connectivity index (χ1) is 26.1. The maximum Gasteiger partial charge on any atom is 0.306 e. The second-order valence-electron chi connectivity index (χ2n) is 16.5. The van der Waals surface area contributed by atoms with Crippen LogP contribution in [0.25, 0.3) is 0 Å². The second-order valence-corrected chi connectivity index (χ2v) is 16.5. The molecule has 0 N–H and O–H groups in total. The van der Waals surface area contributed by atoms with E-state index in [2.05, 4.69) is 39.8 Å². The summed E-state index contributed by atoms with van der Waals surface area (Å²) < 4.78 is 12.0. The van der Waals surface area contributed by atoms with Crippen LogP contribution >= 0.6 is 0 Å². The van der Waals surface area contributed by atoms with Crippen molar-refractivity contribution >= 4 is 11.9 Å². The normalized spacial score (nSPS) is 12.2. The minimum atomic E-state index is -0.00815. The smallest absolute Gasteiger partial charge is 0.306 e. The van der Waals surface area contributed by atoms with Crippen molar-refractivity contribution in [1.82, 2.24) is 0 Å². The van der Waals surface area contributed by atoms with Crippen molar-refractivity contribution < 1.29 is 19.1 Å². The number of carbonyl (C=O) groups is 2. The van der Waals surface area contributed by atoms with Gasteiger partial charge in [-0.1, -0.05) is 188 Å². The molecule has 0 aliphatic rings. The van der Waals surface area contributed by atoms with Crippen molar-refractivity contribution in [2.45, 2.75) is 290 Å². The van der Waals surface area contributed by atoms with E-state index in [4.69, 9.17) is 9.47 Å². The standard InChI is InChI=1S/C49H94O4/c1-5-9-13-16-19-20-21-22-23-24-25-26-27-28-32-37-42-46(52-48(50)44-12-8-4)43-38-33-29-34-39-45-49(51)53-47(40-35-30-17-14-10-6-2)41-36-31-18-15-11-7-3/h22-23,46-47H,5-21,24-45H2,1-4H3/b23-22-. The average Bonchev–Trinajstić information content (AvgIpc) is 3.15. The van der Waals surface area contributed by atoms with E-state index in [1.807, 2.05) is 0 Å². The van der Waals surface area contributed by atoms with Gasteiger partial charge in [0.15, 0.2) is 0 Å². The van der Waals surface area contributed by atoms with Crippen LogP contribution in [0.4, 0.5) is 0 Å². The van der Waals surface area contributed by atoms with E-state index >= 15 is 0 Å². The summed E-state index contributed by atoms with van der Waals surface area (Å²) in [5.74, 6) is 0.00728. The highest BCUT2D eigenvalue weighted by Gasteiger charge is 2.16. The van der Waals surface area contributed by atoms with Crippen LogP contribution in [0.3, 0.4) is 0 Å². The third-order valence-corrected chi connectivity index (χ3v) is 11.0. The molecule has 0 aliphatic heterocycles. The Morgan fingerprint density at radius 2 is 0.604 bits per heavy atom. The van der Waals surface area contributed by atoms with Crippen LogP contribution in [0.5, 0.6) is 0 Å². The van der Waals surface area contributed by atoms with Gasteiger partial charge in [0, 0.05) is 12.8 Å². The van der Waals surface area contributed by atoms with E-state index in [1.54, 1.807) is 0 Å². The minimum absolute atomic E-state index is 0.00815. The van der Waals surface area contributed by atoms with Crippen LogP contribution in [0.15, 0.2) is 12.2 Å². The Balaban J connectivity index is 4.23. The summed E-state index contributed by atoms with van der Waals surface area (Å²) in [5, 5.41) is 0. The van der Waals surface area contributed by atoms with Crippen LogP contribution in [-0.4, -0.2) is 24.1 Å². The first-order valence-electron chi connectivity index (χ1n) is 24.1. The van der Waals surface area contributed by atoms with Crippen molar-refractivity contribution in [2.75, 3.05) is 0 Å². The quantitative estimate of drug-likeness (QED) is 0.0354. The average molecular weight is 747 g/mol. The summed E-state index contributed by atoms with van der Waals surface area (Å²) in [6, 6.07) is 0. The Hall–Kier alpha value is -1.32. The first kappa shape index (κ1) is 51.7. The largest absolute Gasteiger partial charge is 0.462 e. The lowest BCUT2D eigenvalue weighted by Gasteiger charge is -2.18. The van der Waals surface area contributed by atoms with E-state index in [0.29, 0.717) is 12.8 Å². The van der Waals surface area contributed by atoms with Crippen molar-refractivity contribution in [1.29, 1.82) is 0 Å². The Kier molecular flexibility index (Phi) is 42.3. The van der Waals surface area contributed by atoms with E-state index in [-0.39, 0.29) is 24.1 Å². The van der Waals surface area contributed by atoms with Crippen molar-refractivity contribution in [2.24, 2.45) is 0 Å². The molecule has 0 spiro atoms. The molecular formula is C49H94O4. The van der Waals surface area contributed by atoms with E-state index < -0.39 is 0 Å². The lowest BCUT2D eigenvalue weighted by atomic mass is 10.0. The molecule has 0 amide bonds. The SMILES string of the molecule is CCCCCCCC/C=C\CCCCCCCCC(CCCCCCCC(=O)OC(CCCCCCCC)CCCCCCCC)OC(=O)CCCC. The van der Waals surface area contributed by atoms with Gasteiger partial charge in [-0.25, -0.2) is 0 Å². The third kappa shape index (κ3) is 40.2. The second kappa shape index (κ2) is 43.4. The predicted octanol–water partition coefficient (Wildman–Crippen LogP) is 16.7. The van der Waals surface area contributed by atoms with Gasteiger partial charge in [-0.3, -0.25) is 9.59 Å². The zero-order valence-electron chi connectivity index (χ0n) is 36.5. The number of allylic oxidation sites excluding steroid dienone is 2. The van der Waals surface area contributed by atoms with Gasteiger partial charge in [-0.15, -0.1) is 0 Å². The molecule has 0 radical (unpaired) electrons. The maximum atomic E-state index is 12.8. The molecule has 0 saturated carbocycles. The molecule has 0 aromatic carbocycles. The summed E-state index contributed by atoms with van der Waals surface area (Å²) in [4.78, 5) is 25.2. The summed E-state index contributed by atoms with van der Waals surface area (Å²) in [5.41, 5.74) is 0. The monoisotopic (exact) mass is 747 g/mol. The van der Waals surface area contributed by atoms with Gasteiger partial charge in [0.05, 0.1) is 0 Å².